The smallest absolute Gasteiger partial charge is 0.267 e. The van der Waals surface area contributed by atoms with Gasteiger partial charge in [0.05, 0.1) is 23.9 Å². The second-order valence-electron chi connectivity index (χ2n) is 3.69. The molecular formula is C13H11N3O2S. The molecule has 0 aliphatic heterocycles. The van der Waals surface area contributed by atoms with Crippen molar-refractivity contribution in [3.05, 3.63) is 39.8 Å². The van der Waals surface area contributed by atoms with E-state index in [1.54, 1.807) is 18.2 Å². The number of nitriles is 1. The van der Waals surface area contributed by atoms with Crippen molar-refractivity contribution in [2.24, 2.45) is 0 Å². The van der Waals surface area contributed by atoms with Gasteiger partial charge in [-0.05, 0) is 19.1 Å². The maximum Gasteiger partial charge on any atom is 0.267 e. The van der Waals surface area contributed by atoms with Gasteiger partial charge in [0.25, 0.3) is 5.91 Å². The van der Waals surface area contributed by atoms with Crippen molar-refractivity contribution < 1.29 is 9.53 Å². The third-order valence-electron chi connectivity index (χ3n) is 2.45. The first-order chi connectivity index (χ1) is 9.15. The van der Waals surface area contributed by atoms with Crippen molar-refractivity contribution in [3.8, 4) is 11.8 Å². The molecule has 0 unspecified atom stereocenters. The van der Waals surface area contributed by atoms with Crippen LogP contribution < -0.4 is 10.1 Å². The van der Waals surface area contributed by atoms with E-state index in [-0.39, 0.29) is 5.91 Å². The molecule has 0 spiro atoms. The summed E-state index contributed by atoms with van der Waals surface area (Å²) in [4.78, 5) is 16.6. The quantitative estimate of drug-likeness (QED) is 0.932. The normalized spacial score (nSPS) is 9.74. The molecule has 0 atom stereocenters. The summed E-state index contributed by atoms with van der Waals surface area (Å²) in [5.41, 5.74) is 0.734. The number of para-hydroxylation sites is 1. The number of anilines is 1. The Morgan fingerprint density at radius 1 is 1.53 bits per heavy atom. The molecule has 2 rings (SSSR count). The highest BCUT2D eigenvalue weighted by Crippen LogP contribution is 2.28. The zero-order valence-corrected chi connectivity index (χ0v) is 11.2. The Morgan fingerprint density at radius 2 is 2.32 bits per heavy atom. The molecule has 1 heterocycles. The van der Waals surface area contributed by atoms with Crippen LogP contribution in [0.2, 0.25) is 0 Å². The largest absolute Gasteiger partial charge is 0.495 e. The minimum atomic E-state index is -0.299. The van der Waals surface area contributed by atoms with Crippen molar-refractivity contribution in [1.82, 2.24) is 4.98 Å². The number of rotatable bonds is 3. The van der Waals surface area contributed by atoms with Gasteiger partial charge >= 0.3 is 0 Å². The first-order valence-electron chi connectivity index (χ1n) is 5.46. The first kappa shape index (κ1) is 13.1. The van der Waals surface area contributed by atoms with Gasteiger partial charge in [0, 0.05) is 0 Å². The number of nitrogens with one attached hydrogen (secondary N) is 1. The van der Waals surface area contributed by atoms with Crippen LogP contribution >= 0.6 is 11.3 Å². The average Bonchev–Trinajstić information content (AvgIpc) is 2.85. The molecule has 1 amide bonds. The average molecular weight is 273 g/mol. The number of benzene rings is 1. The molecule has 1 aromatic heterocycles. The van der Waals surface area contributed by atoms with Gasteiger partial charge in [0.1, 0.15) is 22.4 Å². The number of hydrogen-bond donors (Lipinski definition) is 1. The molecule has 19 heavy (non-hydrogen) atoms. The Balaban J connectivity index is 2.33. The number of ether oxygens (including phenoxy) is 1. The summed E-state index contributed by atoms with van der Waals surface area (Å²) >= 11 is 1.30. The van der Waals surface area contributed by atoms with E-state index in [2.05, 4.69) is 10.3 Å². The van der Waals surface area contributed by atoms with Gasteiger partial charge in [-0.25, -0.2) is 4.98 Å². The number of aryl methyl sites for hydroxylation is 1. The van der Waals surface area contributed by atoms with Gasteiger partial charge in [0.15, 0.2) is 0 Å². The number of methoxy groups -OCH3 is 1. The minimum Gasteiger partial charge on any atom is -0.495 e. The fourth-order valence-electron chi connectivity index (χ4n) is 1.56. The van der Waals surface area contributed by atoms with Gasteiger partial charge in [-0.15, -0.1) is 11.3 Å². The predicted octanol–water partition coefficient (Wildman–Crippen LogP) is 2.58. The Bertz CT molecular complexity index is 658. The summed E-state index contributed by atoms with van der Waals surface area (Å²) in [6.45, 7) is 1.82. The molecule has 0 saturated carbocycles. The Kier molecular flexibility index (Phi) is 3.78. The molecule has 5 nitrogen and oxygen atoms in total. The molecule has 0 fully saturated rings. The number of carbonyl (C=O) groups is 1. The molecule has 0 radical (unpaired) electrons. The molecule has 0 aliphatic carbocycles. The molecule has 1 aromatic carbocycles. The molecule has 1 N–H and O–H groups in total. The lowest BCUT2D eigenvalue weighted by Crippen LogP contribution is -2.12. The summed E-state index contributed by atoms with van der Waals surface area (Å²) in [6, 6.07) is 7.03. The fourth-order valence-corrected chi connectivity index (χ4v) is 2.24. The standard InChI is InChI=1S/C13H11N3O2S/c1-8-15-7-11(19-8)13(17)16-12-9(6-14)4-3-5-10(12)18-2/h3-5,7H,1-2H3,(H,16,17). The molecule has 6 heteroatoms. The lowest BCUT2D eigenvalue weighted by Gasteiger charge is -2.10. The summed E-state index contributed by atoms with van der Waals surface area (Å²) in [5, 5.41) is 12.6. The second-order valence-corrected chi connectivity index (χ2v) is 4.93. The Morgan fingerprint density at radius 3 is 2.89 bits per heavy atom. The maximum atomic E-state index is 12.1. The number of amides is 1. The maximum absolute atomic E-state index is 12.1. The summed E-state index contributed by atoms with van der Waals surface area (Å²) in [5.74, 6) is 0.153. The van der Waals surface area contributed by atoms with E-state index in [1.165, 1.54) is 24.6 Å². The van der Waals surface area contributed by atoms with Crippen molar-refractivity contribution in [1.29, 1.82) is 5.26 Å². The van der Waals surface area contributed by atoms with Gasteiger partial charge < -0.3 is 10.1 Å². The highest BCUT2D eigenvalue weighted by atomic mass is 32.1. The number of carbonyl (C=O) groups excluding carboxylic acids is 1. The number of thiazole rings is 1. The van der Waals surface area contributed by atoms with Gasteiger partial charge in [-0.3, -0.25) is 4.79 Å². The minimum absolute atomic E-state index is 0.299. The van der Waals surface area contributed by atoms with Crippen LogP contribution in [0, 0.1) is 18.3 Å². The van der Waals surface area contributed by atoms with Crippen LogP contribution in [0.25, 0.3) is 0 Å². The van der Waals surface area contributed by atoms with E-state index < -0.39 is 0 Å². The van der Waals surface area contributed by atoms with Crippen molar-refractivity contribution in [2.45, 2.75) is 6.92 Å². The predicted molar refractivity (Wildman–Crippen MR) is 72.5 cm³/mol. The second kappa shape index (κ2) is 5.50. The van der Waals surface area contributed by atoms with E-state index >= 15 is 0 Å². The van der Waals surface area contributed by atoms with Crippen molar-refractivity contribution >= 4 is 22.9 Å². The highest BCUT2D eigenvalue weighted by Gasteiger charge is 2.15. The van der Waals surface area contributed by atoms with Crippen LogP contribution in [0.4, 0.5) is 5.69 Å². The highest BCUT2D eigenvalue weighted by molar-refractivity contribution is 7.13. The monoisotopic (exact) mass is 273 g/mol. The Hall–Kier alpha value is -2.39. The summed E-state index contributed by atoms with van der Waals surface area (Å²) in [6.07, 6.45) is 1.51. The van der Waals surface area contributed by atoms with Gasteiger partial charge in [-0.2, -0.15) is 5.26 Å². The molecular weight excluding hydrogens is 262 g/mol. The van der Waals surface area contributed by atoms with Crippen LogP contribution in [0.5, 0.6) is 5.75 Å². The molecule has 0 saturated heterocycles. The SMILES string of the molecule is COc1cccc(C#N)c1NC(=O)c1cnc(C)s1. The summed E-state index contributed by atoms with van der Waals surface area (Å²) in [7, 11) is 1.49. The van der Waals surface area contributed by atoms with Crippen LogP contribution in [-0.4, -0.2) is 18.0 Å². The fraction of sp³-hybridized carbons (Fsp3) is 0.154. The van der Waals surface area contributed by atoms with Gasteiger partial charge in [0.2, 0.25) is 0 Å². The lowest BCUT2D eigenvalue weighted by atomic mass is 10.1. The van der Waals surface area contributed by atoms with Crippen LogP contribution in [-0.2, 0) is 0 Å². The number of aromatic nitrogens is 1. The third kappa shape index (κ3) is 2.72. The number of nitrogens with zero attached hydrogens (tertiary/aromatic N) is 2. The lowest BCUT2D eigenvalue weighted by molar-refractivity contribution is 0.103. The van der Waals surface area contributed by atoms with Crippen LogP contribution in [0.3, 0.4) is 0 Å². The van der Waals surface area contributed by atoms with Crippen molar-refractivity contribution in [3.63, 3.8) is 0 Å². The third-order valence-corrected chi connectivity index (χ3v) is 3.36. The van der Waals surface area contributed by atoms with E-state index in [0.29, 0.717) is 21.9 Å². The van der Waals surface area contributed by atoms with E-state index in [1.807, 2.05) is 13.0 Å². The van der Waals surface area contributed by atoms with Crippen molar-refractivity contribution in [2.75, 3.05) is 12.4 Å². The summed E-state index contributed by atoms with van der Waals surface area (Å²) < 4.78 is 5.15. The molecule has 96 valence electrons. The zero-order valence-electron chi connectivity index (χ0n) is 10.4. The molecule has 0 bridgehead atoms. The van der Waals surface area contributed by atoms with Gasteiger partial charge in [-0.1, -0.05) is 6.07 Å². The molecule has 2 aromatic rings. The molecule has 0 aliphatic rings. The van der Waals surface area contributed by atoms with Crippen LogP contribution in [0.15, 0.2) is 24.4 Å². The topological polar surface area (TPSA) is 75.0 Å². The Labute approximate surface area is 114 Å². The van der Waals surface area contributed by atoms with E-state index in [0.717, 1.165) is 5.01 Å². The van der Waals surface area contributed by atoms with E-state index in [9.17, 15) is 4.79 Å². The van der Waals surface area contributed by atoms with E-state index in [4.69, 9.17) is 10.00 Å². The first-order valence-corrected chi connectivity index (χ1v) is 6.28. The zero-order chi connectivity index (χ0) is 13.8. The van der Waals surface area contributed by atoms with Crippen LogP contribution in [0.1, 0.15) is 20.2 Å². The number of hydrogen-bond acceptors (Lipinski definition) is 5.